The van der Waals surface area contributed by atoms with E-state index in [4.69, 9.17) is 0 Å². The van der Waals surface area contributed by atoms with E-state index in [1.165, 1.54) is 5.56 Å². The summed E-state index contributed by atoms with van der Waals surface area (Å²) in [4.78, 5) is 25.5. The summed E-state index contributed by atoms with van der Waals surface area (Å²) in [6, 6.07) is 15.3. The van der Waals surface area contributed by atoms with Gasteiger partial charge in [-0.3, -0.25) is 4.79 Å². The predicted molar refractivity (Wildman–Crippen MR) is 108 cm³/mol. The van der Waals surface area contributed by atoms with Gasteiger partial charge in [0.05, 0.1) is 6.54 Å². The van der Waals surface area contributed by atoms with Crippen LogP contribution in [0.2, 0.25) is 0 Å². The molecule has 0 N–H and O–H groups in total. The summed E-state index contributed by atoms with van der Waals surface area (Å²) in [5.41, 5.74) is 2.73. The lowest BCUT2D eigenvalue weighted by atomic mass is 9.86. The molecule has 0 aliphatic carbocycles. The van der Waals surface area contributed by atoms with Gasteiger partial charge in [0.1, 0.15) is 10.9 Å². The van der Waals surface area contributed by atoms with E-state index in [0.29, 0.717) is 17.5 Å². The van der Waals surface area contributed by atoms with Gasteiger partial charge in [0.15, 0.2) is 6.54 Å². The fraction of sp³-hybridized carbons (Fsp3) is 0.348. The van der Waals surface area contributed by atoms with Crippen molar-refractivity contribution in [2.75, 3.05) is 0 Å². The molecule has 2 aromatic carbocycles. The SMILES string of the molecule is CCCn1c[n+](CC(=O)c2ccc(C(C)(C)C)cc2)c2ccccc2c1=O. The number of Topliss-reactive ketones (excluding diaryl/α,β-unsaturated/α-hetero) is 1. The Kier molecular flexibility index (Phi) is 5.26. The summed E-state index contributed by atoms with van der Waals surface area (Å²) in [6.07, 6.45) is 2.63. The quantitative estimate of drug-likeness (QED) is 0.510. The average molecular weight is 363 g/mol. The highest BCUT2D eigenvalue weighted by molar-refractivity contribution is 5.95. The Hall–Kier alpha value is -2.75. The van der Waals surface area contributed by atoms with Crippen LogP contribution in [-0.4, -0.2) is 10.4 Å². The molecule has 4 nitrogen and oxygen atoms in total. The number of para-hydroxylation sites is 1. The van der Waals surface area contributed by atoms with Crippen molar-refractivity contribution in [2.45, 2.75) is 52.6 Å². The molecule has 0 unspecified atom stereocenters. The lowest BCUT2D eigenvalue weighted by molar-refractivity contribution is -0.661. The Morgan fingerprint density at radius 2 is 1.70 bits per heavy atom. The van der Waals surface area contributed by atoms with Crippen LogP contribution in [0.15, 0.2) is 59.7 Å². The molecule has 0 saturated carbocycles. The molecule has 4 heteroatoms. The third-order valence-electron chi connectivity index (χ3n) is 4.83. The molecule has 0 aliphatic heterocycles. The highest BCUT2D eigenvalue weighted by atomic mass is 16.1. The predicted octanol–water partition coefficient (Wildman–Crippen LogP) is 3.88. The Labute approximate surface area is 160 Å². The van der Waals surface area contributed by atoms with Crippen molar-refractivity contribution < 1.29 is 9.36 Å². The Morgan fingerprint density at radius 1 is 1.04 bits per heavy atom. The zero-order valence-electron chi connectivity index (χ0n) is 16.5. The number of hydrogen-bond donors (Lipinski definition) is 0. The van der Waals surface area contributed by atoms with Crippen LogP contribution in [0.1, 0.15) is 50.0 Å². The zero-order valence-corrected chi connectivity index (χ0v) is 16.5. The first-order valence-corrected chi connectivity index (χ1v) is 9.46. The number of hydrogen-bond acceptors (Lipinski definition) is 2. The van der Waals surface area contributed by atoms with E-state index in [1.54, 1.807) is 10.9 Å². The smallest absolute Gasteiger partial charge is 0.290 e. The number of carbonyl (C=O) groups excluding carboxylic acids is 1. The molecule has 3 rings (SSSR count). The van der Waals surface area contributed by atoms with Crippen molar-refractivity contribution in [3.63, 3.8) is 0 Å². The van der Waals surface area contributed by atoms with Crippen molar-refractivity contribution in [1.82, 2.24) is 4.57 Å². The highest BCUT2D eigenvalue weighted by Crippen LogP contribution is 2.22. The first-order valence-electron chi connectivity index (χ1n) is 9.46. The highest BCUT2D eigenvalue weighted by Gasteiger charge is 2.19. The van der Waals surface area contributed by atoms with Crippen molar-refractivity contribution in [3.8, 4) is 0 Å². The van der Waals surface area contributed by atoms with Crippen LogP contribution in [0.3, 0.4) is 0 Å². The molecule has 0 fully saturated rings. The van der Waals surface area contributed by atoms with Crippen LogP contribution >= 0.6 is 0 Å². The van der Waals surface area contributed by atoms with E-state index in [2.05, 4.69) is 20.8 Å². The van der Waals surface area contributed by atoms with Crippen molar-refractivity contribution in [3.05, 3.63) is 76.3 Å². The fourth-order valence-corrected chi connectivity index (χ4v) is 3.27. The molecule has 0 amide bonds. The Balaban J connectivity index is 1.97. The van der Waals surface area contributed by atoms with Crippen LogP contribution in [0.5, 0.6) is 0 Å². The van der Waals surface area contributed by atoms with E-state index in [-0.39, 0.29) is 23.3 Å². The maximum Gasteiger partial charge on any atom is 0.345 e. The van der Waals surface area contributed by atoms with E-state index >= 15 is 0 Å². The molecule has 0 atom stereocenters. The van der Waals surface area contributed by atoms with Crippen molar-refractivity contribution in [1.29, 1.82) is 0 Å². The minimum Gasteiger partial charge on any atom is -0.290 e. The third-order valence-corrected chi connectivity index (χ3v) is 4.83. The van der Waals surface area contributed by atoms with Crippen molar-refractivity contribution >= 4 is 16.7 Å². The number of benzene rings is 2. The molecule has 0 aliphatic rings. The van der Waals surface area contributed by atoms with Gasteiger partial charge in [0.2, 0.25) is 12.1 Å². The molecule has 0 radical (unpaired) electrons. The molecular formula is C23H27N2O2+. The zero-order chi connectivity index (χ0) is 19.6. The summed E-state index contributed by atoms with van der Waals surface area (Å²) in [5, 5.41) is 0.643. The average Bonchev–Trinajstić information content (AvgIpc) is 2.65. The minimum absolute atomic E-state index is 0.00863. The van der Waals surface area contributed by atoms with Gasteiger partial charge in [-0.05, 0) is 29.5 Å². The van der Waals surface area contributed by atoms with Gasteiger partial charge < -0.3 is 0 Å². The first-order chi connectivity index (χ1) is 12.8. The Morgan fingerprint density at radius 3 is 2.33 bits per heavy atom. The van der Waals surface area contributed by atoms with Crippen LogP contribution in [0.25, 0.3) is 10.9 Å². The van der Waals surface area contributed by atoms with Gasteiger partial charge in [-0.2, -0.15) is 4.57 Å². The number of nitrogens with zero attached hydrogens (tertiary/aromatic N) is 2. The summed E-state index contributed by atoms with van der Waals surface area (Å²) >= 11 is 0. The number of rotatable bonds is 5. The Bertz CT molecular complexity index is 1020. The van der Waals surface area contributed by atoms with Gasteiger partial charge >= 0.3 is 5.56 Å². The fourth-order valence-electron chi connectivity index (χ4n) is 3.27. The standard InChI is InChI=1S/C23H27N2O2/c1-5-14-24-16-25(20-9-7-6-8-19(20)22(24)27)15-21(26)17-10-12-18(13-11-17)23(2,3)4/h6-13,16H,5,14-15H2,1-4H3/q+1. The lowest BCUT2D eigenvalue weighted by Crippen LogP contribution is -2.43. The molecule has 140 valence electrons. The second-order valence-electron chi connectivity index (χ2n) is 8.01. The summed E-state index contributed by atoms with van der Waals surface area (Å²) in [6.45, 7) is 9.35. The molecular weight excluding hydrogens is 336 g/mol. The lowest BCUT2D eigenvalue weighted by Gasteiger charge is -2.18. The van der Waals surface area contributed by atoms with E-state index < -0.39 is 0 Å². The normalized spacial score (nSPS) is 11.7. The molecule has 0 spiro atoms. The second kappa shape index (κ2) is 7.47. The molecule has 27 heavy (non-hydrogen) atoms. The van der Waals surface area contributed by atoms with Crippen LogP contribution in [0.4, 0.5) is 0 Å². The summed E-state index contributed by atoms with van der Waals surface area (Å²) < 4.78 is 3.57. The van der Waals surface area contributed by atoms with E-state index in [9.17, 15) is 9.59 Å². The molecule has 0 saturated heterocycles. The number of aryl methyl sites for hydroxylation is 1. The van der Waals surface area contributed by atoms with Gasteiger partial charge in [-0.25, -0.2) is 9.36 Å². The van der Waals surface area contributed by atoms with Gasteiger partial charge in [0, 0.05) is 5.56 Å². The minimum atomic E-state index is -0.00863. The molecule has 1 heterocycles. The third kappa shape index (κ3) is 4.00. The molecule has 0 bridgehead atoms. The van der Waals surface area contributed by atoms with Crippen LogP contribution in [-0.2, 0) is 18.5 Å². The molecule has 1 aromatic heterocycles. The first kappa shape index (κ1) is 19.0. The topological polar surface area (TPSA) is 43.0 Å². The van der Waals surface area contributed by atoms with Crippen LogP contribution in [0, 0.1) is 0 Å². The number of carbonyl (C=O) groups is 1. The van der Waals surface area contributed by atoms with Crippen LogP contribution < -0.4 is 10.1 Å². The number of aromatic nitrogens is 2. The maximum atomic E-state index is 12.9. The molecule has 3 aromatic rings. The monoisotopic (exact) mass is 363 g/mol. The second-order valence-corrected chi connectivity index (χ2v) is 8.01. The van der Waals surface area contributed by atoms with Crippen molar-refractivity contribution in [2.24, 2.45) is 0 Å². The van der Waals surface area contributed by atoms with Gasteiger partial charge in [-0.15, -0.1) is 0 Å². The van der Waals surface area contributed by atoms with Gasteiger partial charge in [-0.1, -0.05) is 64.1 Å². The number of ketones is 1. The van der Waals surface area contributed by atoms with E-state index in [1.807, 2.05) is 60.0 Å². The largest absolute Gasteiger partial charge is 0.345 e. The summed E-state index contributed by atoms with van der Waals surface area (Å²) in [7, 11) is 0. The summed E-state index contributed by atoms with van der Waals surface area (Å²) in [5.74, 6) is 0.0345. The maximum absolute atomic E-state index is 12.9. The van der Waals surface area contributed by atoms with E-state index in [0.717, 1.165) is 11.9 Å². The number of fused-ring (bicyclic) bond motifs is 1. The van der Waals surface area contributed by atoms with Gasteiger partial charge in [0.25, 0.3) is 0 Å².